The molecule has 0 aromatic rings. The summed E-state index contributed by atoms with van der Waals surface area (Å²) in [5.74, 6) is 0.612. The summed E-state index contributed by atoms with van der Waals surface area (Å²) in [6.07, 6.45) is 5.74. The maximum Gasteiger partial charge on any atom is 0.211 e. The van der Waals surface area contributed by atoms with Gasteiger partial charge < -0.3 is 5.32 Å². The number of sulfonamides is 1. The minimum absolute atomic E-state index is 0.293. The maximum atomic E-state index is 12.1. The zero-order valence-corrected chi connectivity index (χ0v) is 13.4. The van der Waals surface area contributed by atoms with E-state index in [2.05, 4.69) is 21.9 Å². The van der Waals surface area contributed by atoms with Crippen LogP contribution in [0.4, 0.5) is 0 Å². The number of nitrogens with one attached hydrogen (secondary N) is 2. The highest BCUT2D eigenvalue weighted by molar-refractivity contribution is 7.89. The number of nitrogens with zero attached hydrogens (tertiary/aromatic N) is 1. The summed E-state index contributed by atoms with van der Waals surface area (Å²) in [6, 6.07) is 0.304. The van der Waals surface area contributed by atoms with Crippen LogP contribution < -0.4 is 10.0 Å². The Kier molecular flexibility index (Phi) is 6.26. The molecule has 2 aliphatic rings. The summed E-state index contributed by atoms with van der Waals surface area (Å²) < 4.78 is 27.1. The number of likely N-dealkylation sites (tertiary alicyclic amines) is 1. The molecule has 0 spiro atoms. The third-order valence-corrected chi connectivity index (χ3v) is 6.04. The van der Waals surface area contributed by atoms with Crippen molar-refractivity contribution >= 4 is 10.0 Å². The molecule has 0 saturated carbocycles. The van der Waals surface area contributed by atoms with Crippen LogP contribution >= 0.6 is 0 Å². The van der Waals surface area contributed by atoms with E-state index in [1.54, 1.807) is 0 Å². The molecule has 2 fully saturated rings. The molecule has 2 N–H and O–H groups in total. The Labute approximate surface area is 123 Å². The zero-order chi connectivity index (χ0) is 14.4. The normalized spacial score (nSPS) is 24.6. The van der Waals surface area contributed by atoms with Gasteiger partial charge in [-0.25, -0.2) is 13.1 Å². The molecule has 0 radical (unpaired) electrons. The maximum absolute atomic E-state index is 12.1. The molecule has 0 aromatic carbocycles. The first-order valence-corrected chi connectivity index (χ1v) is 9.64. The molecule has 20 heavy (non-hydrogen) atoms. The van der Waals surface area contributed by atoms with Crippen molar-refractivity contribution in [3.05, 3.63) is 0 Å². The minimum Gasteiger partial charge on any atom is -0.317 e. The fraction of sp³-hybridized carbons (Fsp3) is 1.00. The minimum atomic E-state index is -3.12. The van der Waals surface area contributed by atoms with Crippen LogP contribution in [0, 0.1) is 5.92 Å². The van der Waals surface area contributed by atoms with Gasteiger partial charge in [-0.2, -0.15) is 0 Å². The van der Waals surface area contributed by atoms with Crippen LogP contribution in [0.3, 0.4) is 0 Å². The molecular formula is C14H29N3O2S. The summed E-state index contributed by atoms with van der Waals surface area (Å²) in [7, 11) is -3.12. The summed E-state index contributed by atoms with van der Waals surface area (Å²) in [6.45, 7) is 6.79. The van der Waals surface area contributed by atoms with Crippen molar-refractivity contribution in [2.24, 2.45) is 5.92 Å². The second-order valence-corrected chi connectivity index (χ2v) is 8.12. The molecule has 1 atom stereocenters. The standard InChI is InChI=1S/C14H29N3O2S/c1-13(17-9-3-2-4-10-17)11-16-20(18,19)12-14-5-7-15-8-6-14/h13-16H,2-12H2,1H3. The summed E-state index contributed by atoms with van der Waals surface area (Å²) in [4.78, 5) is 2.40. The van der Waals surface area contributed by atoms with Crippen molar-refractivity contribution in [1.29, 1.82) is 0 Å². The van der Waals surface area contributed by atoms with E-state index in [1.807, 2.05) is 0 Å². The van der Waals surface area contributed by atoms with Gasteiger partial charge in [-0.05, 0) is 64.7 Å². The van der Waals surface area contributed by atoms with E-state index in [9.17, 15) is 8.42 Å². The fourth-order valence-corrected chi connectivity index (χ4v) is 4.72. The van der Waals surface area contributed by atoms with Gasteiger partial charge in [-0.1, -0.05) is 6.42 Å². The number of hydrogen-bond donors (Lipinski definition) is 2. The lowest BCUT2D eigenvalue weighted by Gasteiger charge is -2.32. The number of rotatable bonds is 6. The predicted molar refractivity (Wildman–Crippen MR) is 82.3 cm³/mol. The van der Waals surface area contributed by atoms with Gasteiger partial charge in [-0.15, -0.1) is 0 Å². The molecular weight excluding hydrogens is 274 g/mol. The lowest BCUT2D eigenvalue weighted by molar-refractivity contribution is 0.175. The molecule has 5 nitrogen and oxygen atoms in total. The zero-order valence-electron chi connectivity index (χ0n) is 12.6. The van der Waals surface area contributed by atoms with Gasteiger partial charge in [-0.3, -0.25) is 4.90 Å². The Hall–Kier alpha value is -0.170. The Balaban J connectivity index is 1.73. The topological polar surface area (TPSA) is 61.4 Å². The fourth-order valence-electron chi connectivity index (χ4n) is 3.15. The monoisotopic (exact) mass is 303 g/mol. The van der Waals surface area contributed by atoms with Gasteiger partial charge in [0.2, 0.25) is 10.0 Å². The van der Waals surface area contributed by atoms with E-state index in [-0.39, 0.29) is 0 Å². The Morgan fingerprint density at radius 2 is 1.85 bits per heavy atom. The average Bonchev–Trinajstić information content (AvgIpc) is 2.46. The second-order valence-electron chi connectivity index (χ2n) is 6.27. The van der Waals surface area contributed by atoms with Gasteiger partial charge in [0.05, 0.1) is 5.75 Å². The molecule has 2 saturated heterocycles. The molecule has 0 aliphatic carbocycles. The molecule has 2 heterocycles. The lowest BCUT2D eigenvalue weighted by atomic mass is 10.0. The Morgan fingerprint density at radius 3 is 2.50 bits per heavy atom. The Bertz CT molecular complexity index is 374. The summed E-state index contributed by atoms with van der Waals surface area (Å²) in [5, 5.41) is 3.27. The van der Waals surface area contributed by atoms with E-state index in [4.69, 9.17) is 0 Å². The highest BCUT2D eigenvalue weighted by Gasteiger charge is 2.23. The van der Waals surface area contributed by atoms with Crippen molar-refractivity contribution in [3.8, 4) is 0 Å². The van der Waals surface area contributed by atoms with E-state index in [1.165, 1.54) is 19.3 Å². The quantitative estimate of drug-likeness (QED) is 0.761. The highest BCUT2D eigenvalue weighted by Crippen LogP contribution is 2.14. The van der Waals surface area contributed by atoms with Crippen LogP contribution in [0.2, 0.25) is 0 Å². The van der Waals surface area contributed by atoms with Crippen molar-refractivity contribution in [1.82, 2.24) is 14.9 Å². The summed E-state index contributed by atoms with van der Waals surface area (Å²) >= 11 is 0. The van der Waals surface area contributed by atoms with E-state index < -0.39 is 10.0 Å². The number of piperidine rings is 2. The van der Waals surface area contributed by atoms with Gasteiger partial charge in [0.15, 0.2) is 0 Å². The SMILES string of the molecule is CC(CNS(=O)(=O)CC1CCNCC1)N1CCCCC1. The first-order valence-electron chi connectivity index (χ1n) is 7.99. The number of hydrogen-bond acceptors (Lipinski definition) is 4. The molecule has 0 aromatic heterocycles. The van der Waals surface area contributed by atoms with Crippen LogP contribution in [0.5, 0.6) is 0 Å². The third-order valence-electron chi connectivity index (χ3n) is 4.53. The summed E-state index contributed by atoms with van der Waals surface area (Å²) in [5.41, 5.74) is 0. The Morgan fingerprint density at radius 1 is 1.20 bits per heavy atom. The smallest absolute Gasteiger partial charge is 0.211 e. The largest absolute Gasteiger partial charge is 0.317 e. The molecule has 2 rings (SSSR count). The van der Waals surface area contributed by atoms with Crippen molar-refractivity contribution < 1.29 is 8.42 Å². The van der Waals surface area contributed by atoms with Crippen LogP contribution in [0.25, 0.3) is 0 Å². The van der Waals surface area contributed by atoms with Crippen LogP contribution in [-0.2, 0) is 10.0 Å². The predicted octanol–water partition coefficient (Wildman–Crippen LogP) is 0.780. The first-order chi connectivity index (χ1) is 9.57. The first kappa shape index (κ1) is 16.2. The van der Waals surface area contributed by atoms with E-state index in [0.29, 0.717) is 24.3 Å². The van der Waals surface area contributed by atoms with Gasteiger partial charge in [0.25, 0.3) is 0 Å². The van der Waals surface area contributed by atoms with E-state index >= 15 is 0 Å². The average molecular weight is 303 g/mol. The van der Waals surface area contributed by atoms with Crippen LogP contribution in [-0.4, -0.2) is 57.8 Å². The van der Waals surface area contributed by atoms with Gasteiger partial charge >= 0.3 is 0 Å². The highest BCUT2D eigenvalue weighted by atomic mass is 32.2. The molecule has 2 aliphatic heterocycles. The van der Waals surface area contributed by atoms with Crippen molar-refractivity contribution in [3.63, 3.8) is 0 Å². The van der Waals surface area contributed by atoms with Gasteiger partial charge in [0.1, 0.15) is 0 Å². The molecule has 118 valence electrons. The molecule has 1 unspecified atom stereocenters. The van der Waals surface area contributed by atoms with Crippen LogP contribution in [0.1, 0.15) is 39.0 Å². The van der Waals surface area contributed by atoms with Crippen LogP contribution in [0.15, 0.2) is 0 Å². The second kappa shape index (κ2) is 7.73. The molecule has 6 heteroatoms. The van der Waals surface area contributed by atoms with Gasteiger partial charge in [0, 0.05) is 12.6 Å². The molecule has 0 bridgehead atoms. The van der Waals surface area contributed by atoms with E-state index in [0.717, 1.165) is 39.0 Å². The third kappa shape index (κ3) is 5.31. The molecule has 0 amide bonds. The lowest BCUT2D eigenvalue weighted by Crippen LogP contribution is -2.45. The van der Waals surface area contributed by atoms with Crippen molar-refractivity contribution in [2.45, 2.75) is 45.1 Å². The van der Waals surface area contributed by atoms with Crippen molar-refractivity contribution in [2.75, 3.05) is 38.5 Å².